The number of benzene rings is 2. The van der Waals surface area contributed by atoms with Crippen molar-refractivity contribution < 1.29 is 27.5 Å². The molecule has 2 amide bonds. The summed E-state index contributed by atoms with van der Waals surface area (Å²) in [7, 11) is -0.880. The van der Waals surface area contributed by atoms with Crippen LogP contribution in [-0.4, -0.2) is 64.7 Å². The molecule has 0 radical (unpaired) electrons. The van der Waals surface area contributed by atoms with E-state index in [1.807, 2.05) is 13.0 Å². The van der Waals surface area contributed by atoms with Gasteiger partial charge >= 0.3 is 0 Å². The second kappa shape index (κ2) is 13.4. The molecule has 0 heterocycles. The van der Waals surface area contributed by atoms with Gasteiger partial charge in [-0.15, -0.1) is 0 Å². The van der Waals surface area contributed by atoms with Crippen LogP contribution in [0.5, 0.6) is 11.5 Å². The highest BCUT2D eigenvalue weighted by molar-refractivity contribution is 7.92. The molecular weight excluding hydrogens is 506 g/mol. The summed E-state index contributed by atoms with van der Waals surface area (Å²) in [6.45, 7) is 3.69. The minimum atomic E-state index is -3.86. The first kappa shape index (κ1) is 29.3. The number of ether oxygens (including phenoxy) is 2. The fraction of sp³-hybridized carbons (Fsp3) is 0.440. The van der Waals surface area contributed by atoms with Crippen LogP contribution in [0.3, 0.4) is 0 Å². The van der Waals surface area contributed by atoms with Crippen LogP contribution in [0.4, 0.5) is 5.69 Å². The second-order valence-corrected chi connectivity index (χ2v) is 10.6. The van der Waals surface area contributed by atoms with Crippen molar-refractivity contribution in [3.8, 4) is 11.5 Å². The fourth-order valence-electron chi connectivity index (χ4n) is 3.51. The van der Waals surface area contributed by atoms with E-state index >= 15 is 0 Å². The van der Waals surface area contributed by atoms with E-state index in [9.17, 15) is 18.0 Å². The molecule has 0 unspecified atom stereocenters. The molecule has 198 valence electrons. The summed E-state index contributed by atoms with van der Waals surface area (Å²) in [5.41, 5.74) is 0.937. The number of carbonyl (C=O) groups is 2. The summed E-state index contributed by atoms with van der Waals surface area (Å²) in [6.07, 6.45) is 2.73. The number of sulfonamides is 1. The van der Waals surface area contributed by atoms with Crippen LogP contribution in [0.25, 0.3) is 0 Å². The molecule has 2 aromatic carbocycles. The zero-order chi connectivity index (χ0) is 26.9. The molecule has 36 heavy (non-hydrogen) atoms. The minimum absolute atomic E-state index is 0.0827. The zero-order valence-corrected chi connectivity index (χ0v) is 22.9. The molecule has 0 spiro atoms. The summed E-state index contributed by atoms with van der Waals surface area (Å²) in [4.78, 5) is 27.8. The Hall–Kier alpha value is -2.98. The Balaban J connectivity index is 2.39. The van der Waals surface area contributed by atoms with E-state index < -0.39 is 28.5 Å². The molecular formula is C25H34ClN3O6S. The molecule has 0 fully saturated rings. The third kappa shape index (κ3) is 8.03. The predicted molar refractivity (Wildman–Crippen MR) is 141 cm³/mol. The number of hydrogen-bond acceptors (Lipinski definition) is 6. The average Bonchev–Trinajstić information content (AvgIpc) is 2.84. The molecule has 1 N–H and O–H groups in total. The van der Waals surface area contributed by atoms with Crippen LogP contribution in [0.15, 0.2) is 42.5 Å². The number of rotatable bonds is 13. The van der Waals surface area contributed by atoms with Gasteiger partial charge in [0.25, 0.3) is 0 Å². The van der Waals surface area contributed by atoms with Crippen molar-refractivity contribution in [1.29, 1.82) is 0 Å². The van der Waals surface area contributed by atoms with E-state index in [2.05, 4.69) is 5.32 Å². The highest BCUT2D eigenvalue weighted by Crippen LogP contribution is 2.30. The summed E-state index contributed by atoms with van der Waals surface area (Å²) in [5, 5.41) is 3.04. The Bertz CT molecular complexity index is 1160. The number of carbonyl (C=O) groups excluding carboxylic acids is 2. The zero-order valence-electron chi connectivity index (χ0n) is 21.3. The molecule has 0 aliphatic rings. The maximum Gasteiger partial charge on any atom is 0.244 e. The molecule has 0 saturated carbocycles. The van der Waals surface area contributed by atoms with Gasteiger partial charge in [-0.1, -0.05) is 37.1 Å². The van der Waals surface area contributed by atoms with E-state index in [1.54, 1.807) is 25.1 Å². The summed E-state index contributed by atoms with van der Waals surface area (Å²) < 4.78 is 36.7. The highest BCUT2D eigenvalue weighted by atomic mass is 35.5. The normalized spacial score (nSPS) is 11.9. The van der Waals surface area contributed by atoms with E-state index in [-0.39, 0.29) is 23.2 Å². The number of anilines is 1. The number of methoxy groups -OCH3 is 2. The van der Waals surface area contributed by atoms with Crippen LogP contribution in [-0.2, 0) is 26.2 Å². The highest BCUT2D eigenvalue weighted by Gasteiger charge is 2.30. The van der Waals surface area contributed by atoms with Gasteiger partial charge in [0, 0.05) is 13.1 Å². The fourth-order valence-corrected chi connectivity index (χ4v) is 4.60. The summed E-state index contributed by atoms with van der Waals surface area (Å²) in [5.74, 6) is 0.106. The molecule has 1 atom stereocenters. The van der Waals surface area contributed by atoms with Gasteiger partial charge in [0.15, 0.2) is 0 Å². The Morgan fingerprint density at radius 2 is 1.83 bits per heavy atom. The number of nitrogens with zero attached hydrogens (tertiary/aromatic N) is 2. The minimum Gasteiger partial charge on any atom is -0.497 e. The Labute approximate surface area is 218 Å². The van der Waals surface area contributed by atoms with Gasteiger partial charge in [0.1, 0.15) is 24.1 Å². The summed E-state index contributed by atoms with van der Waals surface area (Å²) in [6, 6.07) is 10.7. The lowest BCUT2D eigenvalue weighted by atomic mass is 10.1. The molecule has 2 aromatic rings. The standard InChI is InChI=1S/C25H34ClN3O6S/c1-6-7-13-27-25(31)18(2)28(16-19-9-8-10-21(14-19)34-3)24(30)17-29(36(5,32)33)20-11-12-23(35-4)22(26)15-20/h8-12,14-15,18H,6-7,13,16-17H2,1-5H3,(H,27,31)/t18-/m0/s1. The van der Waals surface area contributed by atoms with E-state index in [4.69, 9.17) is 21.1 Å². The first-order valence-electron chi connectivity index (χ1n) is 11.5. The monoisotopic (exact) mass is 539 g/mol. The first-order chi connectivity index (χ1) is 17.0. The lowest BCUT2D eigenvalue weighted by molar-refractivity contribution is -0.139. The summed E-state index contributed by atoms with van der Waals surface area (Å²) >= 11 is 6.20. The van der Waals surface area contributed by atoms with Crippen molar-refractivity contribution in [3.63, 3.8) is 0 Å². The molecule has 2 rings (SSSR count). The van der Waals surface area contributed by atoms with Gasteiger partial charge in [-0.25, -0.2) is 8.42 Å². The van der Waals surface area contributed by atoms with Gasteiger partial charge in [-0.05, 0) is 49.2 Å². The van der Waals surface area contributed by atoms with E-state index in [1.165, 1.54) is 37.3 Å². The molecule has 0 bridgehead atoms. The molecule has 0 aliphatic heterocycles. The average molecular weight is 540 g/mol. The second-order valence-electron chi connectivity index (χ2n) is 8.28. The molecule has 11 heteroatoms. The van der Waals surface area contributed by atoms with Crippen molar-refractivity contribution in [2.24, 2.45) is 0 Å². The SMILES string of the molecule is CCCCNC(=O)[C@H](C)N(Cc1cccc(OC)c1)C(=O)CN(c1ccc(OC)c(Cl)c1)S(C)(=O)=O. The Kier molecular flexibility index (Phi) is 10.9. The topological polar surface area (TPSA) is 105 Å². The number of hydrogen-bond donors (Lipinski definition) is 1. The van der Waals surface area contributed by atoms with Crippen LogP contribution in [0.2, 0.25) is 5.02 Å². The number of unbranched alkanes of at least 4 members (excludes halogenated alkanes) is 1. The molecule has 9 nitrogen and oxygen atoms in total. The lowest BCUT2D eigenvalue weighted by Gasteiger charge is -2.31. The lowest BCUT2D eigenvalue weighted by Crippen LogP contribution is -2.51. The smallest absolute Gasteiger partial charge is 0.244 e. The van der Waals surface area contributed by atoms with Crippen molar-refractivity contribution in [2.75, 3.05) is 37.9 Å². The largest absolute Gasteiger partial charge is 0.497 e. The quantitative estimate of drug-likeness (QED) is 0.391. The Morgan fingerprint density at radius 1 is 1.11 bits per heavy atom. The van der Waals surface area contributed by atoms with Crippen molar-refractivity contribution in [2.45, 2.75) is 39.3 Å². The molecule has 0 aromatic heterocycles. The first-order valence-corrected chi connectivity index (χ1v) is 13.8. The van der Waals surface area contributed by atoms with Crippen molar-refractivity contribution in [3.05, 3.63) is 53.1 Å². The molecule has 0 saturated heterocycles. The predicted octanol–water partition coefficient (Wildman–Crippen LogP) is 3.46. The van der Waals surface area contributed by atoms with Crippen LogP contribution in [0, 0.1) is 0 Å². The van der Waals surface area contributed by atoms with Crippen molar-refractivity contribution in [1.82, 2.24) is 10.2 Å². The van der Waals surface area contributed by atoms with E-state index in [0.717, 1.165) is 29.0 Å². The van der Waals surface area contributed by atoms with Gasteiger partial charge < -0.3 is 19.7 Å². The van der Waals surface area contributed by atoms with Crippen molar-refractivity contribution >= 4 is 39.1 Å². The van der Waals surface area contributed by atoms with Crippen LogP contribution in [0.1, 0.15) is 32.3 Å². The van der Waals surface area contributed by atoms with Crippen LogP contribution >= 0.6 is 11.6 Å². The molecule has 0 aliphatic carbocycles. The Morgan fingerprint density at radius 3 is 2.42 bits per heavy atom. The maximum atomic E-state index is 13.6. The van der Waals surface area contributed by atoms with Gasteiger partial charge in [-0.3, -0.25) is 13.9 Å². The van der Waals surface area contributed by atoms with E-state index in [0.29, 0.717) is 18.0 Å². The maximum absolute atomic E-state index is 13.6. The van der Waals surface area contributed by atoms with Gasteiger partial charge in [0.05, 0.1) is 31.2 Å². The number of halogens is 1. The van der Waals surface area contributed by atoms with Gasteiger partial charge in [-0.2, -0.15) is 0 Å². The van der Waals surface area contributed by atoms with Crippen LogP contribution < -0.4 is 19.1 Å². The van der Waals surface area contributed by atoms with Gasteiger partial charge in [0.2, 0.25) is 21.8 Å². The third-order valence-electron chi connectivity index (χ3n) is 5.59. The number of nitrogens with one attached hydrogen (secondary N) is 1. The third-order valence-corrected chi connectivity index (χ3v) is 7.02. The number of amides is 2.